The predicted octanol–water partition coefficient (Wildman–Crippen LogP) is 4.33. The van der Waals surface area contributed by atoms with Crippen LogP contribution in [-0.2, 0) is 16.2 Å². The third-order valence-electron chi connectivity index (χ3n) is 4.02. The number of thiazole rings is 1. The highest BCUT2D eigenvalue weighted by molar-refractivity contribution is 7.17. The number of carbonyl (C=O) groups excluding carboxylic acids is 2. The lowest BCUT2D eigenvalue weighted by Crippen LogP contribution is -2.27. The zero-order valence-corrected chi connectivity index (χ0v) is 17.4. The number of carbonyl (C=O) groups is 2. The van der Waals surface area contributed by atoms with Crippen molar-refractivity contribution in [2.24, 2.45) is 5.16 Å². The van der Waals surface area contributed by atoms with Crippen LogP contribution in [0.2, 0.25) is 5.02 Å². The molecule has 0 radical (unpaired) electrons. The van der Waals surface area contributed by atoms with Crippen molar-refractivity contribution < 1.29 is 14.4 Å². The van der Waals surface area contributed by atoms with Gasteiger partial charge in [0.15, 0.2) is 6.61 Å². The second-order valence-electron chi connectivity index (χ2n) is 6.03. The standard InChI is InChI=1S/C21H18ClN3O3S/c1-13(14-8-10-16(22)11-9-14)25-28-12-17-19(18(26)20(27)23-2)29-21(24-17)15-6-4-3-5-7-15/h3-11H,12H2,1-2H3,(H,23,27). The largest absolute Gasteiger partial charge is 0.389 e. The van der Waals surface area contributed by atoms with E-state index in [0.29, 0.717) is 21.4 Å². The van der Waals surface area contributed by atoms with Crippen LogP contribution in [0.3, 0.4) is 0 Å². The van der Waals surface area contributed by atoms with Crippen molar-refractivity contribution in [3.05, 3.63) is 75.8 Å². The van der Waals surface area contributed by atoms with Crippen LogP contribution in [-0.4, -0.2) is 29.4 Å². The Labute approximate surface area is 177 Å². The first-order valence-electron chi connectivity index (χ1n) is 8.73. The maximum Gasteiger partial charge on any atom is 0.293 e. The SMILES string of the molecule is CNC(=O)C(=O)c1sc(-c2ccccc2)nc1CON=C(C)c1ccc(Cl)cc1. The highest BCUT2D eigenvalue weighted by Crippen LogP contribution is 2.29. The molecule has 29 heavy (non-hydrogen) atoms. The van der Waals surface area contributed by atoms with Gasteiger partial charge in [-0.25, -0.2) is 4.98 Å². The minimum atomic E-state index is -0.699. The maximum absolute atomic E-state index is 12.4. The molecule has 6 nitrogen and oxygen atoms in total. The van der Waals surface area contributed by atoms with E-state index in [9.17, 15) is 9.59 Å². The lowest BCUT2D eigenvalue weighted by atomic mass is 10.1. The summed E-state index contributed by atoms with van der Waals surface area (Å²) in [7, 11) is 1.41. The second-order valence-corrected chi connectivity index (χ2v) is 7.46. The van der Waals surface area contributed by atoms with Gasteiger partial charge in [0, 0.05) is 17.6 Å². The van der Waals surface area contributed by atoms with Gasteiger partial charge in [-0.3, -0.25) is 9.59 Å². The maximum atomic E-state index is 12.4. The lowest BCUT2D eigenvalue weighted by Gasteiger charge is -2.03. The molecular weight excluding hydrogens is 410 g/mol. The van der Waals surface area contributed by atoms with Crippen molar-refractivity contribution in [3.63, 3.8) is 0 Å². The molecule has 0 aliphatic rings. The summed E-state index contributed by atoms with van der Waals surface area (Å²) in [6.45, 7) is 1.77. The van der Waals surface area contributed by atoms with Crippen LogP contribution in [0.25, 0.3) is 10.6 Å². The highest BCUT2D eigenvalue weighted by Gasteiger charge is 2.24. The molecule has 0 aliphatic heterocycles. The van der Waals surface area contributed by atoms with Crippen LogP contribution >= 0.6 is 22.9 Å². The van der Waals surface area contributed by atoms with Gasteiger partial charge < -0.3 is 10.2 Å². The number of oxime groups is 1. The lowest BCUT2D eigenvalue weighted by molar-refractivity contribution is -0.116. The molecule has 1 aromatic heterocycles. The van der Waals surface area contributed by atoms with Crippen molar-refractivity contribution in [1.82, 2.24) is 10.3 Å². The van der Waals surface area contributed by atoms with Crippen LogP contribution < -0.4 is 5.32 Å². The average Bonchev–Trinajstić information content (AvgIpc) is 3.17. The number of hydrogen-bond donors (Lipinski definition) is 1. The first-order valence-corrected chi connectivity index (χ1v) is 9.93. The molecule has 1 N–H and O–H groups in total. The molecule has 3 aromatic rings. The Kier molecular flexibility index (Phi) is 6.74. The van der Waals surface area contributed by atoms with Crippen LogP contribution in [0.15, 0.2) is 59.8 Å². The number of halogens is 1. The molecule has 1 amide bonds. The number of aromatic nitrogens is 1. The topological polar surface area (TPSA) is 80.7 Å². The second kappa shape index (κ2) is 9.45. The molecule has 0 aliphatic carbocycles. The van der Waals surface area contributed by atoms with Crippen molar-refractivity contribution in [2.75, 3.05) is 7.05 Å². The number of likely N-dealkylation sites (N-methyl/N-ethyl adjacent to an activating group) is 1. The van der Waals surface area contributed by atoms with Crippen LogP contribution in [0.1, 0.15) is 27.9 Å². The highest BCUT2D eigenvalue weighted by atomic mass is 35.5. The molecule has 148 valence electrons. The van der Waals surface area contributed by atoms with E-state index in [1.807, 2.05) is 42.5 Å². The molecule has 0 unspecified atom stereocenters. The number of hydrogen-bond acceptors (Lipinski definition) is 6. The smallest absolute Gasteiger partial charge is 0.293 e. The van der Waals surface area contributed by atoms with Crippen LogP contribution in [0.5, 0.6) is 0 Å². The van der Waals surface area contributed by atoms with Gasteiger partial charge in [-0.1, -0.05) is 59.2 Å². The average molecular weight is 428 g/mol. The normalized spacial score (nSPS) is 11.2. The number of benzene rings is 2. The zero-order valence-electron chi connectivity index (χ0n) is 15.8. The van der Waals surface area contributed by atoms with E-state index in [1.165, 1.54) is 7.05 Å². The number of Topliss-reactive ketones (excluding diaryl/α,β-unsaturated/α-hetero) is 1. The monoisotopic (exact) mass is 427 g/mol. The number of ketones is 1. The fourth-order valence-electron chi connectivity index (χ4n) is 2.48. The number of amides is 1. The number of rotatable bonds is 7. The minimum absolute atomic E-state index is 0.0354. The Balaban J connectivity index is 1.84. The van der Waals surface area contributed by atoms with E-state index in [-0.39, 0.29) is 11.5 Å². The van der Waals surface area contributed by atoms with E-state index in [1.54, 1.807) is 19.1 Å². The van der Waals surface area contributed by atoms with Gasteiger partial charge in [0.2, 0.25) is 0 Å². The summed E-state index contributed by atoms with van der Waals surface area (Å²) in [4.78, 5) is 34.5. The summed E-state index contributed by atoms with van der Waals surface area (Å²) in [6, 6.07) is 16.6. The molecule has 0 saturated heterocycles. The molecule has 2 aromatic carbocycles. The molecule has 1 heterocycles. The van der Waals surface area contributed by atoms with Gasteiger partial charge in [-0.2, -0.15) is 0 Å². The number of nitrogens with one attached hydrogen (secondary N) is 1. The number of nitrogens with zero attached hydrogens (tertiary/aromatic N) is 2. The fraction of sp³-hybridized carbons (Fsp3) is 0.143. The van der Waals surface area contributed by atoms with Crippen molar-refractivity contribution >= 4 is 40.3 Å². The Morgan fingerprint density at radius 3 is 2.48 bits per heavy atom. The van der Waals surface area contributed by atoms with Gasteiger partial charge in [0.05, 0.1) is 5.71 Å². The van der Waals surface area contributed by atoms with Gasteiger partial charge in [0.25, 0.3) is 11.7 Å². The van der Waals surface area contributed by atoms with E-state index in [4.69, 9.17) is 16.4 Å². The first-order chi connectivity index (χ1) is 14.0. The summed E-state index contributed by atoms with van der Waals surface area (Å²) in [5, 5.41) is 7.71. The molecule has 0 bridgehead atoms. The minimum Gasteiger partial charge on any atom is -0.389 e. The van der Waals surface area contributed by atoms with Crippen molar-refractivity contribution in [1.29, 1.82) is 0 Å². The van der Waals surface area contributed by atoms with Crippen LogP contribution in [0, 0.1) is 0 Å². The molecule has 0 saturated carbocycles. The van der Waals surface area contributed by atoms with Gasteiger partial charge >= 0.3 is 0 Å². The molecule has 0 spiro atoms. The van der Waals surface area contributed by atoms with Crippen molar-refractivity contribution in [2.45, 2.75) is 13.5 Å². The first kappa shape index (κ1) is 20.7. The third kappa shape index (κ3) is 5.07. The molecule has 0 atom stereocenters. The van der Waals surface area contributed by atoms with Crippen molar-refractivity contribution in [3.8, 4) is 10.6 Å². The Morgan fingerprint density at radius 1 is 1.14 bits per heavy atom. The van der Waals surface area contributed by atoms with Gasteiger partial charge in [0.1, 0.15) is 15.6 Å². The fourth-order valence-corrected chi connectivity index (χ4v) is 3.62. The third-order valence-corrected chi connectivity index (χ3v) is 5.42. The Morgan fingerprint density at radius 2 is 1.83 bits per heavy atom. The Hall–Kier alpha value is -3.03. The quantitative estimate of drug-likeness (QED) is 0.263. The van der Waals surface area contributed by atoms with E-state index in [2.05, 4.69) is 15.5 Å². The summed E-state index contributed by atoms with van der Waals surface area (Å²) in [5.74, 6) is -1.35. The molecule has 0 fully saturated rings. The van der Waals surface area contributed by atoms with Gasteiger partial charge in [-0.05, 0) is 24.6 Å². The van der Waals surface area contributed by atoms with Crippen LogP contribution in [0.4, 0.5) is 0 Å². The Bertz CT molecular complexity index is 1050. The molecule has 8 heteroatoms. The van der Waals surface area contributed by atoms with E-state index < -0.39 is 11.7 Å². The molecular formula is C21H18ClN3O3S. The predicted molar refractivity (Wildman–Crippen MR) is 114 cm³/mol. The summed E-state index contributed by atoms with van der Waals surface area (Å²) in [6.07, 6.45) is 0. The molecule has 3 rings (SSSR count). The van der Waals surface area contributed by atoms with E-state index >= 15 is 0 Å². The zero-order chi connectivity index (χ0) is 20.8. The van der Waals surface area contributed by atoms with E-state index in [0.717, 1.165) is 22.5 Å². The summed E-state index contributed by atoms with van der Waals surface area (Å²) in [5.41, 5.74) is 2.74. The summed E-state index contributed by atoms with van der Waals surface area (Å²) < 4.78 is 0. The van der Waals surface area contributed by atoms with Gasteiger partial charge in [-0.15, -0.1) is 11.3 Å². The summed E-state index contributed by atoms with van der Waals surface area (Å²) >= 11 is 7.05.